The van der Waals surface area contributed by atoms with Crippen LogP contribution in [-0.2, 0) is 0 Å². The number of nitrogens with zero attached hydrogens (tertiary/aromatic N) is 2. The monoisotopic (exact) mass is 274 g/mol. The van der Waals surface area contributed by atoms with Crippen LogP contribution in [0.4, 0.5) is 5.69 Å². The van der Waals surface area contributed by atoms with Crippen LogP contribution in [0.3, 0.4) is 0 Å². The van der Waals surface area contributed by atoms with E-state index in [0.29, 0.717) is 0 Å². The van der Waals surface area contributed by atoms with Crippen molar-refractivity contribution in [1.82, 2.24) is 4.57 Å². The van der Waals surface area contributed by atoms with Crippen LogP contribution >= 0.6 is 0 Å². The van der Waals surface area contributed by atoms with Crippen molar-refractivity contribution in [2.24, 2.45) is 4.99 Å². The zero-order chi connectivity index (χ0) is 14.7. The Bertz CT molecular complexity index is 767. The number of benzene rings is 2. The van der Waals surface area contributed by atoms with Gasteiger partial charge in [-0.05, 0) is 49.2 Å². The first-order chi connectivity index (χ1) is 10.2. The second-order valence-electron chi connectivity index (χ2n) is 5.24. The Morgan fingerprint density at radius 3 is 2.57 bits per heavy atom. The highest BCUT2D eigenvalue weighted by Crippen LogP contribution is 2.20. The van der Waals surface area contributed by atoms with Crippen LogP contribution in [0.15, 0.2) is 72.0 Å². The highest BCUT2D eigenvalue weighted by molar-refractivity contribution is 5.82. The lowest BCUT2D eigenvalue weighted by molar-refractivity contribution is 1.08. The van der Waals surface area contributed by atoms with E-state index in [-0.39, 0.29) is 0 Å². The molecule has 0 aliphatic rings. The van der Waals surface area contributed by atoms with Crippen molar-refractivity contribution >= 4 is 11.9 Å². The first kappa shape index (κ1) is 13.4. The standard InChI is InChI=1S/C19H18N2/c1-15-8-9-16(2)19(12-15)20-13-17-10-11-21(14-17)18-6-4-3-5-7-18/h3-14H,1-2H3. The molecule has 0 amide bonds. The molecule has 3 aromatic rings. The van der Waals surface area contributed by atoms with Crippen molar-refractivity contribution in [3.63, 3.8) is 0 Å². The predicted molar refractivity (Wildman–Crippen MR) is 88.9 cm³/mol. The van der Waals surface area contributed by atoms with Crippen LogP contribution in [0.2, 0.25) is 0 Å². The minimum Gasteiger partial charge on any atom is -0.323 e. The third kappa shape index (κ3) is 3.11. The molecule has 21 heavy (non-hydrogen) atoms. The van der Waals surface area contributed by atoms with Crippen molar-refractivity contribution in [2.45, 2.75) is 13.8 Å². The van der Waals surface area contributed by atoms with E-state index in [1.165, 1.54) is 11.1 Å². The van der Waals surface area contributed by atoms with Gasteiger partial charge in [-0.2, -0.15) is 0 Å². The van der Waals surface area contributed by atoms with Gasteiger partial charge in [-0.1, -0.05) is 30.3 Å². The summed E-state index contributed by atoms with van der Waals surface area (Å²) in [6.07, 6.45) is 6.06. The normalized spacial score (nSPS) is 11.1. The summed E-state index contributed by atoms with van der Waals surface area (Å²) in [6.45, 7) is 4.17. The number of rotatable bonds is 3. The summed E-state index contributed by atoms with van der Waals surface area (Å²) in [5, 5.41) is 0. The molecule has 3 rings (SSSR count). The highest BCUT2D eigenvalue weighted by Gasteiger charge is 1.98. The van der Waals surface area contributed by atoms with Crippen LogP contribution in [0, 0.1) is 13.8 Å². The Kier molecular flexibility index (Phi) is 3.69. The van der Waals surface area contributed by atoms with Gasteiger partial charge in [0.15, 0.2) is 0 Å². The van der Waals surface area contributed by atoms with E-state index in [4.69, 9.17) is 0 Å². The zero-order valence-corrected chi connectivity index (χ0v) is 12.3. The highest BCUT2D eigenvalue weighted by atomic mass is 14.9. The van der Waals surface area contributed by atoms with E-state index in [2.05, 4.69) is 72.2 Å². The molecule has 104 valence electrons. The van der Waals surface area contributed by atoms with Crippen molar-refractivity contribution in [2.75, 3.05) is 0 Å². The van der Waals surface area contributed by atoms with E-state index in [1.54, 1.807) is 0 Å². The molecule has 2 nitrogen and oxygen atoms in total. The maximum atomic E-state index is 4.61. The van der Waals surface area contributed by atoms with Crippen molar-refractivity contribution in [1.29, 1.82) is 0 Å². The molecule has 2 heteroatoms. The van der Waals surface area contributed by atoms with E-state index < -0.39 is 0 Å². The Morgan fingerprint density at radius 1 is 0.952 bits per heavy atom. The summed E-state index contributed by atoms with van der Waals surface area (Å²) in [5.74, 6) is 0. The maximum Gasteiger partial charge on any atom is 0.0661 e. The quantitative estimate of drug-likeness (QED) is 0.608. The van der Waals surface area contributed by atoms with Gasteiger partial charge in [0.2, 0.25) is 0 Å². The Morgan fingerprint density at radius 2 is 1.76 bits per heavy atom. The zero-order valence-electron chi connectivity index (χ0n) is 12.3. The first-order valence-corrected chi connectivity index (χ1v) is 7.07. The molecule has 0 radical (unpaired) electrons. The Hall–Kier alpha value is -2.61. The number of hydrogen-bond donors (Lipinski definition) is 0. The van der Waals surface area contributed by atoms with Gasteiger partial charge >= 0.3 is 0 Å². The van der Waals surface area contributed by atoms with E-state index >= 15 is 0 Å². The number of aliphatic imine (C=N–C) groups is 1. The molecule has 0 unspecified atom stereocenters. The SMILES string of the molecule is Cc1ccc(C)c(N=Cc2ccn(-c3ccccc3)c2)c1. The molecule has 1 aromatic heterocycles. The van der Waals surface area contributed by atoms with Crippen LogP contribution in [0.25, 0.3) is 5.69 Å². The van der Waals surface area contributed by atoms with Crippen molar-refractivity contribution < 1.29 is 0 Å². The van der Waals surface area contributed by atoms with Gasteiger partial charge in [-0.25, -0.2) is 0 Å². The van der Waals surface area contributed by atoms with Crippen LogP contribution in [-0.4, -0.2) is 10.8 Å². The van der Waals surface area contributed by atoms with Crippen molar-refractivity contribution in [3.8, 4) is 5.69 Å². The second-order valence-corrected chi connectivity index (χ2v) is 5.24. The van der Waals surface area contributed by atoms with E-state index in [0.717, 1.165) is 16.9 Å². The average molecular weight is 274 g/mol. The summed E-state index contributed by atoms with van der Waals surface area (Å²) in [4.78, 5) is 4.61. The first-order valence-electron chi connectivity index (χ1n) is 7.07. The minimum absolute atomic E-state index is 1.03. The van der Waals surface area contributed by atoms with Gasteiger partial charge in [0, 0.05) is 29.9 Å². The summed E-state index contributed by atoms with van der Waals surface area (Å²) in [7, 11) is 0. The van der Waals surface area contributed by atoms with Crippen LogP contribution in [0.1, 0.15) is 16.7 Å². The third-order valence-electron chi connectivity index (χ3n) is 3.49. The summed E-state index contributed by atoms with van der Waals surface area (Å²) in [5.41, 5.74) is 5.71. The molecule has 0 saturated heterocycles. The summed E-state index contributed by atoms with van der Waals surface area (Å²) < 4.78 is 2.10. The lowest BCUT2D eigenvalue weighted by atomic mass is 10.1. The molecule has 0 saturated carbocycles. The number of hydrogen-bond acceptors (Lipinski definition) is 1. The average Bonchev–Trinajstić information content (AvgIpc) is 2.98. The summed E-state index contributed by atoms with van der Waals surface area (Å²) >= 11 is 0. The number of aryl methyl sites for hydroxylation is 2. The Balaban J connectivity index is 1.84. The largest absolute Gasteiger partial charge is 0.323 e. The van der Waals surface area contributed by atoms with Crippen molar-refractivity contribution in [3.05, 3.63) is 83.7 Å². The fraction of sp³-hybridized carbons (Fsp3) is 0.105. The smallest absolute Gasteiger partial charge is 0.0661 e. The molecule has 0 spiro atoms. The third-order valence-corrected chi connectivity index (χ3v) is 3.49. The molecule has 2 aromatic carbocycles. The Labute approximate surface area is 125 Å². The molecule has 0 N–H and O–H groups in total. The lowest BCUT2D eigenvalue weighted by Gasteiger charge is -2.01. The molecule has 0 atom stereocenters. The number of para-hydroxylation sites is 1. The van der Waals surface area contributed by atoms with Gasteiger partial charge in [0.05, 0.1) is 5.69 Å². The minimum atomic E-state index is 1.03. The maximum absolute atomic E-state index is 4.61. The van der Waals surface area contributed by atoms with Gasteiger partial charge < -0.3 is 4.57 Å². The van der Waals surface area contributed by atoms with E-state index in [9.17, 15) is 0 Å². The molecule has 0 fully saturated rings. The molecule has 0 aliphatic heterocycles. The topological polar surface area (TPSA) is 17.3 Å². The second kappa shape index (κ2) is 5.80. The molecular weight excluding hydrogens is 256 g/mol. The summed E-state index contributed by atoms with van der Waals surface area (Å²) in [6, 6.07) is 18.7. The van der Waals surface area contributed by atoms with Gasteiger partial charge in [0.1, 0.15) is 0 Å². The predicted octanol–water partition coefficient (Wildman–Crippen LogP) is 4.84. The fourth-order valence-electron chi connectivity index (χ4n) is 2.25. The van der Waals surface area contributed by atoms with Crippen LogP contribution in [0.5, 0.6) is 0 Å². The van der Waals surface area contributed by atoms with Crippen LogP contribution < -0.4 is 0 Å². The fourth-order valence-corrected chi connectivity index (χ4v) is 2.25. The van der Waals surface area contributed by atoms with Gasteiger partial charge in [0.25, 0.3) is 0 Å². The lowest BCUT2D eigenvalue weighted by Crippen LogP contribution is -1.88. The molecule has 1 heterocycles. The number of aromatic nitrogens is 1. The molecule has 0 aliphatic carbocycles. The van der Waals surface area contributed by atoms with E-state index in [1.807, 2.05) is 24.4 Å². The molecular formula is C19H18N2. The van der Waals surface area contributed by atoms with Gasteiger partial charge in [-0.15, -0.1) is 0 Å². The van der Waals surface area contributed by atoms with Gasteiger partial charge in [-0.3, -0.25) is 4.99 Å². The molecule has 0 bridgehead atoms.